The number of carboxylic acids is 1. The molecule has 1 aliphatic heterocycles. The van der Waals surface area contributed by atoms with Crippen molar-refractivity contribution in [2.24, 2.45) is 5.92 Å². The van der Waals surface area contributed by atoms with Crippen LogP contribution in [0.25, 0.3) is 0 Å². The van der Waals surface area contributed by atoms with Crippen LogP contribution in [0.4, 0.5) is 0 Å². The highest BCUT2D eigenvalue weighted by atomic mass is 35.5. The number of likely N-dealkylation sites (tertiary alicyclic amines) is 1. The van der Waals surface area contributed by atoms with E-state index in [2.05, 4.69) is 0 Å². The first kappa shape index (κ1) is 15.6. The molecule has 0 spiro atoms. The number of aryl methyl sites for hydroxylation is 1. The molecule has 0 aromatic heterocycles. The second-order valence-corrected chi connectivity index (χ2v) is 5.65. The van der Waals surface area contributed by atoms with E-state index in [1.165, 1.54) is 0 Å². The summed E-state index contributed by atoms with van der Waals surface area (Å²) in [7, 11) is 0. The van der Waals surface area contributed by atoms with Gasteiger partial charge in [0, 0.05) is 13.1 Å². The molecule has 1 N–H and O–H groups in total. The number of amides is 1. The molecule has 114 valence electrons. The van der Waals surface area contributed by atoms with Gasteiger partial charge in [0.2, 0.25) is 0 Å². The van der Waals surface area contributed by atoms with Gasteiger partial charge in [0.25, 0.3) is 5.91 Å². The van der Waals surface area contributed by atoms with Gasteiger partial charge in [-0.25, -0.2) is 0 Å². The number of aliphatic carboxylic acids is 1. The van der Waals surface area contributed by atoms with Crippen molar-refractivity contribution in [1.29, 1.82) is 0 Å². The molecule has 0 bridgehead atoms. The molecule has 2 rings (SSSR count). The highest BCUT2D eigenvalue weighted by Gasteiger charge is 2.28. The molecule has 1 saturated heterocycles. The smallest absolute Gasteiger partial charge is 0.308 e. The number of carbonyl (C=O) groups is 2. The van der Waals surface area contributed by atoms with Crippen molar-refractivity contribution in [1.82, 2.24) is 4.90 Å². The lowest BCUT2D eigenvalue weighted by molar-refractivity contribution is -0.146. The first-order valence-corrected chi connectivity index (χ1v) is 7.24. The SMILES string of the molecule is Cc1ccc(Cl)c(OCC(=O)N2CCC[C@H](C(=O)O)C2)c1. The largest absolute Gasteiger partial charge is 0.482 e. The Bertz CT molecular complexity index is 546. The maximum absolute atomic E-state index is 12.1. The first-order valence-electron chi connectivity index (χ1n) is 6.87. The van der Waals surface area contributed by atoms with Crippen LogP contribution in [0.3, 0.4) is 0 Å². The van der Waals surface area contributed by atoms with Crippen LogP contribution < -0.4 is 4.74 Å². The van der Waals surface area contributed by atoms with E-state index in [9.17, 15) is 9.59 Å². The van der Waals surface area contributed by atoms with Gasteiger partial charge in [-0.05, 0) is 37.5 Å². The summed E-state index contributed by atoms with van der Waals surface area (Å²) >= 11 is 6.00. The fraction of sp³-hybridized carbons (Fsp3) is 0.467. The molecule has 1 amide bonds. The van der Waals surface area contributed by atoms with Crippen LogP contribution in [0.2, 0.25) is 5.02 Å². The Morgan fingerprint density at radius 1 is 1.48 bits per heavy atom. The minimum absolute atomic E-state index is 0.129. The topological polar surface area (TPSA) is 66.8 Å². The number of carboxylic acid groups (broad SMARTS) is 1. The normalized spacial score (nSPS) is 18.4. The Hall–Kier alpha value is -1.75. The van der Waals surface area contributed by atoms with Gasteiger partial charge in [-0.1, -0.05) is 17.7 Å². The Balaban J connectivity index is 1.92. The summed E-state index contributed by atoms with van der Waals surface area (Å²) < 4.78 is 5.46. The lowest BCUT2D eigenvalue weighted by Gasteiger charge is -2.30. The second-order valence-electron chi connectivity index (χ2n) is 5.24. The minimum Gasteiger partial charge on any atom is -0.482 e. The summed E-state index contributed by atoms with van der Waals surface area (Å²) in [6, 6.07) is 5.35. The highest BCUT2D eigenvalue weighted by Crippen LogP contribution is 2.25. The van der Waals surface area contributed by atoms with E-state index in [-0.39, 0.29) is 19.1 Å². The van der Waals surface area contributed by atoms with E-state index < -0.39 is 11.9 Å². The molecule has 6 heteroatoms. The summed E-state index contributed by atoms with van der Waals surface area (Å²) in [5.74, 6) is -1.07. The number of carbonyl (C=O) groups excluding carboxylic acids is 1. The van der Waals surface area contributed by atoms with Gasteiger partial charge in [0.15, 0.2) is 6.61 Å². The molecular weight excluding hydrogens is 294 g/mol. The van der Waals surface area contributed by atoms with E-state index in [4.69, 9.17) is 21.4 Å². The van der Waals surface area contributed by atoms with Crippen molar-refractivity contribution in [3.05, 3.63) is 28.8 Å². The quantitative estimate of drug-likeness (QED) is 0.927. The van der Waals surface area contributed by atoms with Gasteiger partial charge in [-0.3, -0.25) is 9.59 Å². The van der Waals surface area contributed by atoms with Crippen molar-refractivity contribution in [3.8, 4) is 5.75 Å². The maximum Gasteiger partial charge on any atom is 0.308 e. The van der Waals surface area contributed by atoms with E-state index in [0.29, 0.717) is 30.2 Å². The number of nitrogens with zero attached hydrogens (tertiary/aromatic N) is 1. The molecule has 21 heavy (non-hydrogen) atoms. The van der Waals surface area contributed by atoms with Crippen LogP contribution in [-0.2, 0) is 9.59 Å². The third-order valence-corrected chi connectivity index (χ3v) is 3.87. The average molecular weight is 312 g/mol. The molecule has 1 aromatic carbocycles. The molecular formula is C15H18ClNO4. The summed E-state index contributed by atoms with van der Waals surface area (Å²) in [4.78, 5) is 24.6. The van der Waals surface area contributed by atoms with E-state index in [1.54, 1.807) is 17.0 Å². The predicted octanol–water partition coefficient (Wildman–Crippen LogP) is 2.35. The van der Waals surface area contributed by atoms with Gasteiger partial charge in [-0.2, -0.15) is 0 Å². The number of benzene rings is 1. The highest BCUT2D eigenvalue weighted by molar-refractivity contribution is 6.32. The number of halogens is 1. The number of ether oxygens (including phenoxy) is 1. The van der Waals surface area contributed by atoms with Gasteiger partial charge in [-0.15, -0.1) is 0 Å². The van der Waals surface area contributed by atoms with Crippen LogP contribution in [0.15, 0.2) is 18.2 Å². The molecule has 1 aliphatic rings. The Kier molecular flexibility index (Phi) is 5.07. The number of hydrogen-bond acceptors (Lipinski definition) is 3. The molecule has 0 unspecified atom stereocenters. The van der Waals surface area contributed by atoms with Crippen molar-refractivity contribution in [3.63, 3.8) is 0 Å². The Labute approximate surface area is 128 Å². The van der Waals surface area contributed by atoms with Crippen LogP contribution in [0.1, 0.15) is 18.4 Å². The third kappa shape index (κ3) is 4.11. The van der Waals surface area contributed by atoms with Crippen LogP contribution >= 0.6 is 11.6 Å². The van der Waals surface area contributed by atoms with Gasteiger partial charge in [0.1, 0.15) is 5.75 Å². The second kappa shape index (κ2) is 6.80. The molecule has 0 saturated carbocycles. The predicted molar refractivity (Wildman–Crippen MR) is 78.6 cm³/mol. The minimum atomic E-state index is -0.852. The first-order chi connectivity index (χ1) is 9.97. The zero-order valence-electron chi connectivity index (χ0n) is 11.8. The van der Waals surface area contributed by atoms with Gasteiger partial charge in [0.05, 0.1) is 10.9 Å². The van der Waals surface area contributed by atoms with E-state index in [1.807, 2.05) is 13.0 Å². The summed E-state index contributed by atoms with van der Waals surface area (Å²) in [5.41, 5.74) is 0.991. The lowest BCUT2D eigenvalue weighted by Crippen LogP contribution is -2.44. The van der Waals surface area contributed by atoms with Gasteiger partial charge >= 0.3 is 5.97 Å². The molecule has 0 radical (unpaired) electrons. The van der Waals surface area contributed by atoms with Crippen molar-refractivity contribution in [2.75, 3.05) is 19.7 Å². The molecule has 1 fully saturated rings. The van der Waals surface area contributed by atoms with E-state index in [0.717, 1.165) is 5.56 Å². The monoisotopic (exact) mass is 311 g/mol. The van der Waals surface area contributed by atoms with Crippen LogP contribution in [-0.4, -0.2) is 41.6 Å². The fourth-order valence-electron chi connectivity index (χ4n) is 2.36. The van der Waals surface area contributed by atoms with Crippen LogP contribution in [0, 0.1) is 12.8 Å². The number of piperidine rings is 1. The van der Waals surface area contributed by atoms with Crippen molar-refractivity contribution < 1.29 is 19.4 Å². The van der Waals surface area contributed by atoms with Crippen molar-refractivity contribution >= 4 is 23.5 Å². The fourth-order valence-corrected chi connectivity index (χ4v) is 2.53. The third-order valence-electron chi connectivity index (χ3n) is 3.56. The maximum atomic E-state index is 12.1. The Morgan fingerprint density at radius 2 is 2.24 bits per heavy atom. The van der Waals surface area contributed by atoms with Crippen LogP contribution in [0.5, 0.6) is 5.75 Å². The summed E-state index contributed by atoms with van der Waals surface area (Å²) in [5, 5.41) is 9.48. The zero-order chi connectivity index (χ0) is 15.4. The summed E-state index contributed by atoms with van der Waals surface area (Å²) in [6.07, 6.45) is 1.32. The summed E-state index contributed by atoms with van der Waals surface area (Å²) in [6.45, 7) is 2.61. The number of hydrogen-bond donors (Lipinski definition) is 1. The number of rotatable bonds is 4. The standard InChI is InChI=1S/C15H18ClNO4/c1-10-4-5-12(16)13(7-10)21-9-14(18)17-6-2-3-11(8-17)15(19)20/h4-5,7,11H,2-3,6,8-9H2,1H3,(H,19,20)/t11-/m0/s1. The zero-order valence-corrected chi connectivity index (χ0v) is 12.6. The molecule has 1 heterocycles. The lowest BCUT2D eigenvalue weighted by atomic mass is 9.98. The van der Waals surface area contributed by atoms with Crippen molar-refractivity contribution in [2.45, 2.75) is 19.8 Å². The Morgan fingerprint density at radius 3 is 2.95 bits per heavy atom. The molecule has 0 aliphatic carbocycles. The van der Waals surface area contributed by atoms with E-state index >= 15 is 0 Å². The molecule has 5 nitrogen and oxygen atoms in total. The van der Waals surface area contributed by atoms with Gasteiger partial charge < -0.3 is 14.7 Å². The molecule has 1 aromatic rings. The average Bonchev–Trinajstić information content (AvgIpc) is 2.48. The molecule has 1 atom stereocenters.